The Labute approximate surface area is 175 Å². The SMILES string of the molecule is CC(C)NC(=O)Nc1nc2c(s1)CN(CC(=O)N1CCCc3ccccc31)CC2. The zero-order chi connectivity index (χ0) is 20.4. The van der Waals surface area contributed by atoms with Crippen LogP contribution in [-0.4, -0.2) is 47.5 Å². The number of urea groups is 1. The van der Waals surface area contributed by atoms with Crippen molar-refractivity contribution >= 4 is 34.1 Å². The Morgan fingerprint density at radius 2 is 2.03 bits per heavy atom. The summed E-state index contributed by atoms with van der Waals surface area (Å²) < 4.78 is 0. The fourth-order valence-corrected chi connectivity index (χ4v) is 4.95. The highest BCUT2D eigenvalue weighted by molar-refractivity contribution is 7.15. The average Bonchev–Trinajstić information content (AvgIpc) is 3.08. The van der Waals surface area contributed by atoms with E-state index in [0.717, 1.165) is 48.6 Å². The first-order valence-corrected chi connectivity index (χ1v) is 11.0. The van der Waals surface area contributed by atoms with Crippen LogP contribution in [0, 0.1) is 0 Å². The van der Waals surface area contributed by atoms with Crippen LogP contribution in [0.25, 0.3) is 0 Å². The summed E-state index contributed by atoms with van der Waals surface area (Å²) in [6.45, 7) is 6.53. The number of aromatic nitrogens is 1. The van der Waals surface area contributed by atoms with Crippen molar-refractivity contribution in [2.24, 2.45) is 0 Å². The molecule has 3 heterocycles. The zero-order valence-corrected chi connectivity index (χ0v) is 17.7. The smallest absolute Gasteiger partial charge is 0.321 e. The molecule has 8 heteroatoms. The number of para-hydroxylation sites is 1. The monoisotopic (exact) mass is 413 g/mol. The van der Waals surface area contributed by atoms with E-state index in [9.17, 15) is 9.59 Å². The maximum Gasteiger partial charge on any atom is 0.321 e. The van der Waals surface area contributed by atoms with Gasteiger partial charge in [0, 0.05) is 42.7 Å². The van der Waals surface area contributed by atoms with Crippen LogP contribution in [0.3, 0.4) is 0 Å². The average molecular weight is 414 g/mol. The van der Waals surface area contributed by atoms with Crippen molar-refractivity contribution in [3.8, 4) is 0 Å². The normalized spacial score (nSPS) is 16.3. The molecular weight excluding hydrogens is 386 g/mol. The summed E-state index contributed by atoms with van der Waals surface area (Å²) >= 11 is 1.50. The number of hydrogen-bond donors (Lipinski definition) is 2. The Hall–Kier alpha value is -2.45. The third-order valence-electron chi connectivity index (χ3n) is 5.22. The quantitative estimate of drug-likeness (QED) is 0.808. The van der Waals surface area contributed by atoms with Gasteiger partial charge in [-0.2, -0.15) is 0 Å². The van der Waals surface area contributed by atoms with Crippen LogP contribution in [0.4, 0.5) is 15.6 Å². The lowest BCUT2D eigenvalue weighted by atomic mass is 10.0. The number of fused-ring (bicyclic) bond motifs is 2. The van der Waals surface area contributed by atoms with Crippen LogP contribution in [0.15, 0.2) is 24.3 Å². The first-order valence-electron chi connectivity index (χ1n) is 10.2. The summed E-state index contributed by atoms with van der Waals surface area (Å²) in [7, 11) is 0. The van der Waals surface area contributed by atoms with E-state index >= 15 is 0 Å². The number of nitrogens with one attached hydrogen (secondary N) is 2. The van der Waals surface area contributed by atoms with Crippen LogP contribution in [-0.2, 0) is 24.2 Å². The molecular formula is C21H27N5O2S. The maximum atomic E-state index is 13.0. The van der Waals surface area contributed by atoms with Gasteiger partial charge >= 0.3 is 6.03 Å². The van der Waals surface area contributed by atoms with Crippen molar-refractivity contribution in [3.05, 3.63) is 40.4 Å². The van der Waals surface area contributed by atoms with Gasteiger partial charge in [-0.25, -0.2) is 9.78 Å². The van der Waals surface area contributed by atoms with E-state index < -0.39 is 0 Å². The number of amides is 3. The van der Waals surface area contributed by atoms with Gasteiger partial charge in [0.1, 0.15) is 0 Å². The van der Waals surface area contributed by atoms with Crippen LogP contribution < -0.4 is 15.5 Å². The molecule has 0 radical (unpaired) electrons. The van der Waals surface area contributed by atoms with Gasteiger partial charge in [-0.05, 0) is 38.3 Å². The van der Waals surface area contributed by atoms with Gasteiger partial charge in [0.2, 0.25) is 5.91 Å². The second-order valence-electron chi connectivity index (χ2n) is 7.88. The maximum absolute atomic E-state index is 13.0. The molecule has 1 aromatic heterocycles. The lowest BCUT2D eigenvalue weighted by molar-refractivity contribution is -0.120. The molecule has 4 rings (SSSR count). The molecule has 2 aliphatic heterocycles. The molecule has 0 saturated carbocycles. The largest absolute Gasteiger partial charge is 0.336 e. The summed E-state index contributed by atoms with van der Waals surface area (Å²) in [5.41, 5.74) is 3.34. The fraction of sp³-hybridized carbons (Fsp3) is 0.476. The van der Waals surface area contributed by atoms with Crippen LogP contribution in [0.5, 0.6) is 0 Å². The van der Waals surface area contributed by atoms with E-state index in [0.29, 0.717) is 18.2 Å². The molecule has 0 atom stereocenters. The number of rotatable bonds is 4. The molecule has 2 N–H and O–H groups in total. The summed E-state index contributed by atoms with van der Waals surface area (Å²) in [6.07, 6.45) is 2.84. The van der Waals surface area contributed by atoms with Crippen molar-refractivity contribution in [1.29, 1.82) is 0 Å². The first-order chi connectivity index (χ1) is 14.0. The van der Waals surface area contributed by atoms with Gasteiger partial charge in [-0.1, -0.05) is 18.2 Å². The number of carbonyl (C=O) groups excluding carboxylic acids is 2. The fourth-order valence-electron chi connectivity index (χ4n) is 3.90. The van der Waals surface area contributed by atoms with E-state index in [1.165, 1.54) is 16.9 Å². The van der Waals surface area contributed by atoms with Gasteiger partial charge < -0.3 is 10.2 Å². The Morgan fingerprint density at radius 1 is 1.21 bits per heavy atom. The molecule has 154 valence electrons. The highest BCUT2D eigenvalue weighted by Crippen LogP contribution is 2.30. The third kappa shape index (κ3) is 4.59. The van der Waals surface area contributed by atoms with Gasteiger partial charge in [0.05, 0.1) is 12.2 Å². The summed E-state index contributed by atoms with van der Waals surface area (Å²) in [6, 6.07) is 8.04. The Bertz CT molecular complexity index is 910. The van der Waals surface area contributed by atoms with E-state index in [1.54, 1.807) is 0 Å². The molecule has 0 saturated heterocycles. The molecule has 29 heavy (non-hydrogen) atoms. The van der Waals surface area contributed by atoms with E-state index in [1.807, 2.05) is 36.9 Å². The summed E-state index contributed by atoms with van der Waals surface area (Å²) in [5, 5.41) is 6.24. The number of nitrogens with zero attached hydrogens (tertiary/aromatic N) is 3. The first kappa shape index (κ1) is 19.8. The standard InChI is InChI=1S/C21H27N5O2S/c1-14(2)22-20(28)24-21-23-16-9-11-25(12-18(16)29-21)13-19(27)26-10-5-7-15-6-3-4-8-17(15)26/h3-4,6,8,14H,5,7,9-13H2,1-2H3,(H2,22,23,24,28). The molecule has 2 aliphatic rings. The molecule has 1 aromatic carbocycles. The highest BCUT2D eigenvalue weighted by atomic mass is 32.1. The lowest BCUT2D eigenvalue weighted by Crippen LogP contribution is -2.44. The minimum atomic E-state index is -0.234. The number of benzene rings is 1. The molecule has 0 aliphatic carbocycles. The Morgan fingerprint density at radius 3 is 2.86 bits per heavy atom. The van der Waals surface area contributed by atoms with Gasteiger partial charge in [-0.15, -0.1) is 11.3 Å². The molecule has 7 nitrogen and oxygen atoms in total. The van der Waals surface area contributed by atoms with E-state index in [2.05, 4.69) is 26.6 Å². The Kier molecular flexibility index (Phi) is 5.82. The van der Waals surface area contributed by atoms with Gasteiger partial charge in [-0.3, -0.25) is 15.0 Å². The van der Waals surface area contributed by atoms with Crippen molar-refractivity contribution in [2.75, 3.05) is 29.9 Å². The molecule has 0 spiro atoms. The second kappa shape index (κ2) is 8.51. The highest BCUT2D eigenvalue weighted by Gasteiger charge is 2.27. The van der Waals surface area contributed by atoms with Gasteiger partial charge in [0.15, 0.2) is 5.13 Å². The zero-order valence-electron chi connectivity index (χ0n) is 16.9. The predicted octanol–water partition coefficient (Wildman–Crippen LogP) is 3.01. The number of hydrogen-bond acceptors (Lipinski definition) is 5. The molecule has 2 aromatic rings. The second-order valence-corrected chi connectivity index (χ2v) is 8.96. The van der Waals surface area contributed by atoms with Crippen LogP contribution >= 0.6 is 11.3 Å². The minimum Gasteiger partial charge on any atom is -0.336 e. The number of thiazole rings is 1. The molecule has 0 bridgehead atoms. The summed E-state index contributed by atoms with van der Waals surface area (Å²) in [4.78, 5) is 34.7. The number of anilines is 2. The van der Waals surface area contributed by atoms with Gasteiger partial charge in [0.25, 0.3) is 0 Å². The predicted molar refractivity (Wildman–Crippen MR) is 116 cm³/mol. The van der Waals surface area contributed by atoms with Crippen LogP contribution in [0.1, 0.15) is 36.4 Å². The topological polar surface area (TPSA) is 77.6 Å². The van der Waals surface area contributed by atoms with Crippen molar-refractivity contribution in [1.82, 2.24) is 15.2 Å². The molecule has 0 unspecified atom stereocenters. The number of carbonyl (C=O) groups is 2. The van der Waals surface area contributed by atoms with Crippen molar-refractivity contribution in [2.45, 2.75) is 45.7 Å². The molecule has 3 amide bonds. The number of aryl methyl sites for hydroxylation is 1. The Balaban J connectivity index is 1.38. The molecule has 0 fully saturated rings. The van der Waals surface area contributed by atoms with Crippen molar-refractivity contribution < 1.29 is 9.59 Å². The third-order valence-corrected chi connectivity index (χ3v) is 6.22. The van der Waals surface area contributed by atoms with E-state index in [4.69, 9.17) is 0 Å². The summed E-state index contributed by atoms with van der Waals surface area (Å²) in [5.74, 6) is 0.153. The lowest BCUT2D eigenvalue weighted by Gasteiger charge is -2.32. The van der Waals surface area contributed by atoms with Crippen LogP contribution in [0.2, 0.25) is 0 Å². The van der Waals surface area contributed by atoms with Crippen molar-refractivity contribution in [3.63, 3.8) is 0 Å². The van der Waals surface area contributed by atoms with E-state index in [-0.39, 0.29) is 18.0 Å². The minimum absolute atomic E-state index is 0.0750.